The fraction of sp³-hybridized carbons (Fsp3) is 0.423. The Morgan fingerprint density at radius 2 is 1.91 bits per heavy atom. The van der Waals surface area contributed by atoms with Crippen LogP contribution < -0.4 is 14.4 Å². The van der Waals surface area contributed by atoms with Crippen molar-refractivity contribution in [2.45, 2.75) is 37.6 Å². The number of aliphatic hydroxyl groups is 1. The van der Waals surface area contributed by atoms with Crippen molar-refractivity contribution >= 4 is 27.5 Å². The highest BCUT2D eigenvalue weighted by Crippen LogP contribution is 2.40. The molecule has 1 saturated heterocycles. The maximum absolute atomic E-state index is 12.9. The molecule has 7 heteroatoms. The molecule has 33 heavy (non-hydrogen) atoms. The molecule has 2 aromatic carbocycles. The van der Waals surface area contributed by atoms with Crippen molar-refractivity contribution in [3.05, 3.63) is 64.3 Å². The van der Waals surface area contributed by atoms with Gasteiger partial charge in [0, 0.05) is 24.8 Å². The molecule has 1 aliphatic carbocycles. The average molecular weight is 513 g/mol. The molecule has 1 saturated carbocycles. The third kappa shape index (κ3) is 5.10. The molecule has 2 fully saturated rings. The van der Waals surface area contributed by atoms with E-state index in [2.05, 4.69) is 33.0 Å². The van der Waals surface area contributed by atoms with E-state index in [1.807, 2.05) is 36.4 Å². The minimum Gasteiger partial charge on any atom is -0.491 e. The van der Waals surface area contributed by atoms with E-state index in [9.17, 15) is 9.90 Å². The van der Waals surface area contributed by atoms with Gasteiger partial charge in [-0.3, -0.25) is 9.69 Å². The van der Waals surface area contributed by atoms with Crippen LogP contribution in [-0.2, 0) is 4.79 Å². The SMILES string of the molecule is O=C1C(Oc2ccc(C3CC3)cc2)=CCN1c1ccc(OCCN2CCC[C@@H]2CO)c(Br)c1. The number of nitrogens with zero attached hydrogens (tertiary/aromatic N) is 2. The van der Waals surface area contributed by atoms with Crippen LogP contribution in [0.5, 0.6) is 11.5 Å². The molecule has 0 unspecified atom stereocenters. The molecular formula is C26H29BrN2O4. The molecule has 0 radical (unpaired) electrons. The molecule has 0 bridgehead atoms. The number of amides is 1. The van der Waals surface area contributed by atoms with Crippen LogP contribution in [0, 0.1) is 0 Å². The summed E-state index contributed by atoms with van der Waals surface area (Å²) in [6.45, 7) is 3.02. The van der Waals surface area contributed by atoms with E-state index < -0.39 is 0 Å². The number of carbonyl (C=O) groups is 1. The van der Waals surface area contributed by atoms with Crippen LogP contribution in [0.4, 0.5) is 5.69 Å². The summed E-state index contributed by atoms with van der Waals surface area (Å²) in [7, 11) is 0. The lowest BCUT2D eigenvalue weighted by atomic mass is 10.1. The number of ether oxygens (including phenoxy) is 2. The van der Waals surface area contributed by atoms with Gasteiger partial charge in [0.05, 0.1) is 11.1 Å². The van der Waals surface area contributed by atoms with Crippen molar-refractivity contribution in [3.8, 4) is 11.5 Å². The minimum absolute atomic E-state index is 0.147. The summed E-state index contributed by atoms with van der Waals surface area (Å²) in [6.07, 6.45) is 6.52. The van der Waals surface area contributed by atoms with Crippen LogP contribution in [0.3, 0.4) is 0 Å². The average Bonchev–Trinajstić information content (AvgIpc) is 3.48. The van der Waals surface area contributed by atoms with Crippen LogP contribution >= 0.6 is 15.9 Å². The van der Waals surface area contributed by atoms with Crippen molar-refractivity contribution in [2.75, 3.05) is 37.7 Å². The fourth-order valence-electron chi connectivity index (χ4n) is 4.58. The minimum atomic E-state index is -0.147. The molecule has 0 spiro atoms. The van der Waals surface area contributed by atoms with Gasteiger partial charge < -0.3 is 19.5 Å². The van der Waals surface area contributed by atoms with Crippen LogP contribution in [0.25, 0.3) is 0 Å². The van der Waals surface area contributed by atoms with Crippen LogP contribution in [0.1, 0.15) is 37.2 Å². The standard InChI is InChI=1S/C26H29BrN2O4/c27-23-16-20(7-10-24(23)32-15-14-28-12-1-2-21(28)17-30)29-13-11-25(26(29)31)33-22-8-5-19(6-9-22)18-3-4-18/h5-11,16,18,21,30H,1-4,12-15,17H2/t21-/m1/s1. The maximum Gasteiger partial charge on any atom is 0.294 e. The molecule has 174 valence electrons. The van der Waals surface area contributed by atoms with Gasteiger partial charge in [-0.2, -0.15) is 0 Å². The van der Waals surface area contributed by atoms with Gasteiger partial charge in [0.2, 0.25) is 0 Å². The first-order chi connectivity index (χ1) is 16.1. The summed E-state index contributed by atoms with van der Waals surface area (Å²) in [6, 6.07) is 14.0. The Labute approximate surface area is 202 Å². The molecule has 6 nitrogen and oxygen atoms in total. The van der Waals surface area contributed by atoms with Gasteiger partial charge in [0.1, 0.15) is 18.1 Å². The van der Waals surface area contributed by atoms with E-state index in [1.54, 1.807) is 4.90 Å². The number of likely N-dealkylation sites (tertiary alicyclic amines) is 1. The predicted molar refractivity (Wildman–Crippen MR) is 131 cm³/mol. The molecule has 0 aromatic heterocycles. The first-order valence-electron chi connectivity index (χ1n) is 11.7. The second-order valence-corrected chi connectivity index (χ2v) is 9.76. The largest absolute Gasteiger partial charge is 0.491 e. The number of hydrogen-bond acceptors (Lipinski definition) is 5. The summed E-state index contributed by atoms with van der Waals surface area (Å²) in [5.74, 6) is 2.34. The third-order valence-corrected chi connectivity index (χ3v) is 7.26. The lowest BCUT2D eigenvalue weighted by molar-refractivity contribution is -0.116. The summed E-state index contributed by atoms with van der Waals surface area (Å²) in [5, 5.41) is 9.45. The Morgan fingerprint density at radius 1 is 1.09 bits per heavy atom. The van der Waals surface area contributed by atoms with Crippen LogP contribution in [-0.4, -0.2) is 54.8 Å². The van der Waals surface area contributed by atoms with E-state index in [1.165, 1.54) is 18.4 Å². The zero-order chi connectivity index (χ0) is 22.8. The van der Waals surface area contributed by atoms with Crippen LogP contribution in [0.15, 0.2) is 58.8 Å². The highest BCUT2D eigenvalue weighted by Gasteiger charge is 2.28. The Balaban J connectivity index is 1.16. The van der Waals surface area contributed by atoms with Gasteiger partial charge in [-0.25, -0.2) is 0 Å². The van der Waals surface area contributed by atoms with Gasteiger partial charge in [-0.15, -0.1) is 0 Å². The molecule has 1 amide bonds. The molecule has 2 aliphatic heterocycles. The lowest BCUT2D eigenvalue weighted by Gasteiger charge is -2.23. The quantitative estimate of drug-likeness (QED) is 0.536. The summed E-state index contributed by atoms with van der Waals surface area (Å²) in [4.78, 5) is 16.9. The topological polar surface area (TPSA) is 62.2 Å². The third-order valence-electron chi connectivity index (χ3n) is 6.64. The van der Waals surface area contributed by atoms with E-state index in [0.717, 1.165) is 41.8 Å². The molecule has 3 aliphatic rings. The van der Waals surface area contributed by atoms with Gasteiger partial charge in [0.25, 0.3) is 5.91 Å². The van der Waals surface area contributed by atoms with Crippen molar-refractivity contribution < 1.29 is 19.4 Å². The molecule has 2 aromatic rings. The molecule has 1 N–H and O–H groups in total. The van der Waals surface area contributed by atoms with E-state index >= 15 is 0 Å². The van der Waals surface area contributed by atoms with Gasteiger partial charge in [-0.1, -0.05) is 12.1 Å². The molecule has 2 heterocycles. The van der Waals surface area contributed by atoms with Gasteiger partial charge in [-0.05, 0) is 96.0 Å². The van der Waals surface area contributed by atoms with Gasteiger partial charge >= 0.3 is 0 Å². The predicted octanol–water partition coefficient (Wildman–Crippen LogP) is 4.47. The van der Waals surface area contributed by atoms with E-state index in [0.29, 0.717) is 30.6 Å². The Hall–Kier alpha value is -2.35. The van der Waals surface area contributed by atoms with E-state index in [4.69, 9.17) is 9.47 Å². The summed E-state index contributed by atoms with van der Waals surface area (Å²) < 4.78 is 12.6. The first-order valence-corrected chi connectivity index (χ1v) is 12.5. The number of rotatable bonds is 9. The second-order valence-electron chi connectivity index (χ2n) is 8.91. The number of benzene rings is 2. The van der Waals surface area contributed by atoms with Crippen molar-refractivity contribution in [1.29, 1.82) is 0 Å². The zero-order valence-electron chi connectivity index (χ0n) is 18.6. The van der Waals surface area contributed by atoms with Crippen LogP contribution in [0.2, 0.25) is 0 Å². The first kappa shape index (κ1) is 22.4. The van der Waals surface area contributed by atoms with Gasteiger partial charge in [0.15, 0.2) is 5.76 Å². The highest BCUT2D eigenvalue weighted by molar-refractivity contribution is 9.10. The Bertz CT molecular complexity index is 1040. The molecule has 1 atom stereocenters. The molecular weight excluding hydrogens is 484 g/mol. The van der Waals surface area contributed by atoms with Crippen molar-refractivity contribution in [3.63, 3.8) is 0 Å². The summed E-state index contributed by atoms with van der Waals surface area (Å²) in [5.41, 5.74) is 2.13. The number of anilines is 1. The van der Waals surface area contributed by atoms with Crippen molar-refractivity contribution in [1.82, 2.24) is 4.90 Å². The monoisotopic (exact) mass is 512 g/mol. The smallest absolute Gasteiger partial charge is 0.294 e. The summed E-state index contributed by atoms with van der Waals surface area (Å²) >= 11 is 3.58. The highest BCUT2D eigenvalue weighted by atomic mass is 79.9. The number of hydrogen-bond donors (Lipinski definition) is 1. The zero-order valence-corrected chi connectivity index (χ0v) is 20.2. The second kappa shape index (κ2) is 9.87. The fourth-order valence-corrected chi connectivity index (χ4v) is 5.06. The van der Waals surface area contributed by atoms with Crippen molar-refractivity contribution in [2.24, 2.45) is 0 Å². The number of carbonyl (C=O) groups excluding carboxylic acids is 1. The van der Waals surface area contributed by atoms with E-state index in [-0.39, 0.29) is 18.6 Å². The normalized spacial score (nSPS) is 20.9. The Morgan fingerprint density at radius 3 is 2.64 bits per heavy atom. The number of aliphatic hydroxyl groups excluding tert-OH is 1. The Kier molecular flexibility index (Phi) is 6.71. The maximum atomic E-state index is 12.9. The number of halogens is 1. The lowest BCUT2D eigenvalue weighted by Crippen LogP contribution is -2.35. The molecule has 5 rings (SSSR count).